The number of hydrogen-bond acceptors (Lipinski definition) is 4. The lowest BCUT2D eigenvalue weighted by molar-refractivity contribution is -0.126. The zero-order valence-electron chi connectivity index (χ0n) is 6.45. The minimum atomic E-state index is -2.55. The molecule has 66 valence electrons. The van der Waals surface area contributed by atoms with E-state index in [0.717, 1.165) is 12.8 Å². The van der Waals surface area contributed by atoms with Crippen LogP contribution in [0, 0.1) is 0 Å². The van der Waals surface area contributed by atoms with E-state index in [4.69, 9.17) is 4.79 Å². The average molecular weight is 180 g/mol. The van der Waals surface area contributed by atoms with E-state index >= 15 is 0 Å². The average Bonchev–Trinajstić information content (AvgIpc) is 2.35. The summed E-state index contributed by atoms with van der Waals surface area (Å²) >= 11 is 0. The molecule has 0 aromatic heterocycles. The van der Waals surface area contributed by atoms with Gasteiger partial charge < -0.3 is 4.74 Å². The van der Waals surface area contributed by atoms with Crippen LogP contribution >= 0.6 is 0 Å². The van der Waals surface area contributed by atoms with Gasteiger partial charge >= 0.3 is 0 Å². The van der Waals surface area contributed by atoms with Gasteiger partial charge in [-0.25, -0.2) is 8.42 Å². The summed E-state index contributed by atoms with van der Waals surface area (Å²) < 4.78 is 24.7. The van der Waals surface area contributed by atoms with Crippen molar-refractivity contribution >= 4 is 16.3 Å². The molecule has 11 heavy (non-hydrogen) atoms. The van der Waals surface area contributed by atoms with Crippen LogP contribution in [-0.2, 0) is 19.4 Å². The second-order valence-electron chi connectivity index (χ2n) is 2.19. The molecular formula is C6H12O4S. The first-order chi connectivity index (χ1) is 5.12. The van der Waals surface area contributed by atoms with Crippen molar-refractivity contribution in [3.8, 4) is 0 Å². The van der Waals surface area contributed by atoms with Crippen LogP contribution in [0.15, 0.2) is 0 Å². The molecule has 1 aliphatic heterocycles. The van der Waals surface area contributed by atoms with Gasteiger partial charge in [-0.05, 0) is 12.8 Å². The fourth-order valence-corrected chi connectivity index (χ4v) is 2.24. The number of methoxy groups -OCH3 is 1. The van der Waals surface area contributed by atoms with E-state index < -0.39 is 9.84 Å². The Morgan fingerprint density at radius 1 is 1.27 bits per heavy atom. The summed E-state index contributed by atoms with van der Waals surface area (Å²) in [5.41, 5.74) is 0. The lowest BCUT2D eigenvalue weighted by Gasteiger charge is -1.81. The number of carbonyl (C=O) groups excluding carboxylic acids is 1. The summed E-state index contributed by atoms with van der Waals surface area (Å²) in [4.78, 5) is 8.95. The van der Waals surface area contributed by atoms with Gasteiger partial charge in [-0.15, -0.1) is 0 Å². The number of hydrogen-bond donors (Lipinski definition) is 0. The Balaban J connectivity index is 0.000000218. The van der Waals surface area contributed by atoms with Gasteiger partial charge in [0.1, 0.15) is 9.84 Å². The fraction of sp³-hybridized carbons (Fsp3) is 0.833. The van der Waals surface area contributed by atoms with E-state index in [1.165, 1.54) is 7.11 Å². The van der Waals surface area contributed by atoms with Crippen LogP contribution in [0.2, 0.25) is 0 Å². The molecule has 0 radical (unpaired) electrons. The Hall–Kier alpha value is -0.580. The third-order valence-electron chi connectivity index (χ3n) is 1.26. The molecule has 0 aliphatic carbocycles. The quantitative estimate of drug-likeness (QED) is 0.532. The molecule has 0 aromatic rings. The molecule has 0 aromatic carbocycles. The molecule has 0 amide bonds. The minimum Gasteiger partial charge on any atom is -0.471 e. The highest BCUT2D eigenvalue weighted by Crippen LogP contribution is 2.08. The molecule has 1 aliphatic rings. The zero-order chi connectivity index (χ0) is 8.74. The Kier molecular flexibility index (Phi) is 4.85. The molecule has 4 nitrogen and oxygen atoms in total. The van der Waals surface area contributed by atoms with Gasteiger partial charge in [-0.1, -0.05) is 0 Å². The van der Waals surface area contributed by atoms with E-state index in [1.807, 2.05) is 0 Å². The van der Waals surface area contributed by atoms with Crippen molar-refractivity contribution in [3.05, 3.63) is 0 Å². The van der Waals surface area contributed by atoms with Crippen molar-refractivity contribution in [2.75, 3.05) is 18.6 Å². The van der Waals surface area contributed by atoms with Crippen LogP contribution in [0.1, 0.15) is 12.8 Å². The van der Waals surface area contributed by atoms with Gasteiger partial charge in [0.15, 0.2) is 0 Å². The molecule has 5 heteroatoms. The first-order valence-corrected chi connectivity index (χ1v) is 5.11. The zero-order valence-corrected chi connectivity index (χ0v) is 7.26. The van der Waals surface area contributed by atoms with Crippen LogP contribution in [0.4, 0.5) is 0 Å². The van der Waals surface area contributed by atoms with Crippen molar-refractivity contribution in [3.63, 3.8) is 0 Å². The highest BCUT2D eigenvalue weighted by molar-refractivity contribution is 7.91. The van der Waals surface area contributed by atoms with Gasteiger partial charge in [-0.3, -0.25) is 4.79 Å². The SMILES string of the molecule is COC=O.O=S1(=O)CCCC1. The van der Waals surface area contributed by atoms with Gasteiger partial charge in [0.05, 0.1) is 18.6 Å². The summed E-state index contributed by atoms with van der Waals surface area (Å²) in [6.45, 7) is 0.375. The Bertz CT molecular complexity index is 183. The number of carbonyl (C=O) groups is 1. The molecule has 0 N–H and O–H groups in total. The standard InChI is InChI=1S/C4H8O2S.C2H4O2/c5-7(6)3-1-2-4-7;1-4-2-3/h1-4H2;2H,1H3. The van der Waals surface area contributed by atoms with Gasteiger partial charge in [0.2, 0.25) is 0 Å². The third-order valence-corrected chi connectivity index (χ3v) is 3.08. The maximum Gasteiger partial charge on any atom is 0.292 e. The summed E-state index contributed by atoms with van der Waals surface area (Å²) in [6.07, 6.45) is 1.75. The van der Waals surface area contributed by atoms with Crippen LogP contribution < -0.4 is 0 Å². The van der Waals surface area contributed by atoms with E-state index in [9.17, 15) is 8.42 Å². The lowest BCUT2D eigenvalue weighted by atomic mass is 10.4. The van der Waals surface area contributed by atoms with Gasteiger partial charge in [0, 0.05) is 0 Å². The summed E-state index contributed by atoms with van der Waals surface area (Å²) in [5.74, 6) is 0.847. The summed E-state index contributed by atoms with van der Waals surface area (Å²) in [6, 6.07) is 0. The first-order valence-electron chi connectivity index (χ1n) is 3.29. The number of ether oxygens (including phenoxy) is 1. The van der Waals surface area contributed by atoms with Crippen LogP contribution in [0.3, 0.4) is 0 Å². The molecule has 0 bridgehead atoms. The van der Waals surface area contributed by atoms with Crippen molar-refractivity contribution < 1.29 is 17.9 Å². The van der Waals surface area contributed by atoms with Crippen LogP contribution in [-0.4, -0.2) is 33.5 Å². The number of sulfone groups is 1. The molecular weight excluding hydrogens is 168 g/mol. The molecule has 0 atom stereocenters. The summed E-state index contributed by atoms with van der Waals surface area (Å²) in [7, 11) is -1.23. The van der Waals surface area contributed by atoms with Crippen LogP contribution in [0.25, 0.3) is 0 Å². The Labute approximate surface area is 66.5 Å². The van der Waals surface area contributed by atoms with E-state index in [-0.39, 0.29) is 0 Å². The van der Waals surface area contributed by atoms with Crippen LogP contribution in [0.5, 0.6) is 0 Å². The molecule has 0 unspecified atom stereocenters. The Morgan fingerprint density at radius 2 is 1.64 bits per heavy atom. The molecule has 1 heterocycles. The normalized spacial score (nSPS) is 19.7. The topological polar surface area (TPSA) is 60.4 Å². The van der Waals surface area contributed by atoms with E-state index in [1.54, 1.807) is 0 Å². The van der Waals surface area contributed by atoms with Crippen molar-refractivity contribution in [1.82, 2.24) is 0 Å². The smallest absolute Gasteiger partial charge is 0.292 e. The van der Waals surface area contributed by atoms with Crippen molar-refractivity contribution in [1.29, 1.82) is 0 Å². The monoisotopic (exact) mass is 180 g/mol. The molecule has 1 saturated heterocycles. The predicted molar refractivity (Wildman–Crippen MR) is 41.0 cm³/mol. The fourth-order valence-electron chi connectivity index (χ4n) is 0.746. The molecule has 1 fully saturated rings. The molecule has 1 rings (SSSR count). The van der Waals surface area contributed by atoms with Crippen molar-refractivity contribution in [2.24, 2.45) is 0 Å². The van der Waals surface area contributed by atoms with E-state index in [0.29, 0.717) is 18.0 Å². The second-order valence-corrected chi connectivity index (χ2v) is 4.49. The molecule has 0 spiro atoms. The Morgan fingerprint density at radius 3 is 1.73 bits per heavy atom. The largest absolute Gasteiger partial charge is 0.471 e. The highest BCUT2D eigenvalue weighted by Gasteiger charge is 2.16. The number of rotatable bonds is 1. The first kappa shape index (κ1) is 10.4. The van der Waals surface area contributed by atoms with Gasteiger partial charge in [0.25, 0.3) is 6.47 Å². The third kappa shape index (κ3) is 5.84. The minimum absolute atomic E-state index is 0.375. The highest BCUT2D eigenvalue weighted by atomic mass is 32.2. The maximum absolute atomic E-state index is 10.4. The summed E-state index contributed by atoms with van der Waals surface area (Å²) in [5, 5.41) is 0. The second kappa shape index (κ2) is 5.12. The van der Waals surface area contributed by atoms with Crippen molar-refractivity contribution in [2.45, 2.75) is 12.8 Å². The lowest BCUT2D eigenvalue weighted by Crippen LogP contribution is -1.98. The molecule has 0 saturated carbocycles. The van der Waals surface area contributed by atoms with E-state index in [2.05, 4.69) is 4.74 Å². The van der Waals surface area contributed by atoms with Gasteiger partial charge in [-0.2, -0.15) is 0 Å². The maximum atomic E-state index is 10.4. The predicted octanol–water partition coefficient (Wildman–Crippen LogP) is -0.0158.